The Morgan fingerprint density at radius 3 is 1.72 bits per heavy atom. The van der Waals surface area contributed by atoms with Gasteiger partial charge in [0.15, 0.2) is 0 Å². The predicted octanol–water partition coefficient (Wildman–Crippen LogP) is 4.53. The zero-order valence-corrected chi connectivity index (χ0v) is 16.1. The summed E-state index contributed by atoms with van der Waals surface area (Å²) >= 11 is 0. The number of aryl methyl sites for hydroxylation is 2. The topological polar surface area (TPSA) is 77.3 Å². The lowest BCUT2D eigenvalue weighted by atomic mass is 9.72. The number of hydrogen-bond donors (Lipinski definition) is 0. The lowest BCUT2D eigenvalue weighted by Gasteiger charge is -2.28. The van der Waals surface area contributed by atoms with Crippen LogP contribution in [-0.2, 0) is 0 Å². The number of hydrogen-bond acceptors (Lipinski definition) is 4. The number of carbonyl (C=O) groups excluding carboxylic acids is 2. The summed E-state index contributed by atoms with van der Waals surface area (Å²) in [6.45, 7) is 3.79. The SMILES string of the molecule is Cc1cc(C)cc(C(c2ccccc2)C2([N+](=O)[O-])C(=O)c3ccccc3C2=O)c1. The van der Waals surface area contributed by atoms with Gasteiger partial charge in [-0.1, -0.05) is 83.9 Å². The number of nitro groups is 1. The molecule has 0 aromatic heterocycles. The van der Waals surface area contributed by atoms with Crippen molar-refractivity contribution < 1.29 is 14.5 Å². The van der Waals surface area contributed by atoms with Crippen LogP contribution in [0.2, 0.25) is 0 Å². The molecule has 1 aliphatic carbocycles. The van der Waals surface area contributed by atoms with E-state index >= 15 is 0 Å². The van der Waals surface area contributed by atoms with Crippen molar-refractivity contribution in [2.24, 2.45) is 0 Å². The molecule has 0 amide bonds. The third kappa shape index (κ3) is 2.70. The predicted molar refractivity (Wildman–Crippen MR) is 109 cm³/mol. The minimum Gasteiger partial charge on any atom is -0.285 e. The van der Waals surface area contributed by atoms with Crippen molar-refractivity contribution in [2.45, 2.75) is 25.3 Å². The highest BCUT2D eigenvalue weighted by molar-refractivity contribution is 6.32. The van der Waals surface area contributed by atoms with Crippen LogP contribution in [0.3, 0.4) is 0 Å². The van der Waals surface area contributed by atoms with Crippen LogP contribution in [0.4, 0.5) is 0 Å². The van der Waals surface area contributed by atoms with Crippen molar-refractivity contribution in [1.29, 1.82) is 0 Å². The van der Waals surface area contributed by atoms with Gasteiger partial charge >= 0.3 is 5.54 Å². The largest absolute Gasteiger partial charge is 0.355 e. The standard InChI is InChI=1S/C24H19NO4/c1-15-12-16(2)14-18(13-15)21(17-8-4-3-5-9-17)24(25(28)29)22(26)19-10-6-7-11-20(19)23(24)27/h3-14,21H,1-2H3. The van der Waals surface area contributed by atoms with Gasteiger partial charge in [-0.2, -0.15) is 0 Å². The molecule has 144 valence electrons. The number of Topliss-reactive ketones (excluding diaryl/α,β-unsaturated/α-hetero) is 2. The molecule has 0 saturated heterocycles. The summed E-state index contributed by atoms with van der Waals surface area (Å²) in [7, 11) is 0. The van der Waals surface area contributed by atoms with E-state index in [0.717, 1.165) is 11.1 Å². The lowest BCUT2D eigenvalue weighted by Crippen LogP contribution is -2.54. The van der Waals surface area contributed by atoms with Crippen molar-refractivity contribution in [3.63, 3.8) is 0 Å². The van der Waals surface area contributed by atoms with Gasteiger partial charge in [-0.15, -0.1) is 0 Å². The quantitative estimate of drug-likeness (QED) is 0.376. The van der Waals surface area contributed by atoms with E-state index in [-0.39, 0.29) is 11.1 Å². The Morgan fingerprint density at radius 2 is 1.24 bits per heavy atom. The molecule has 0 aliphatic heterocycles. The van der Waals surface area contributed by atoms with E-state index < -0.39 is 27.9 Å². The van der Waals surface area contributed by atoms with E-state index in [1.807, 2.05) is 32.0 Å². The molecule has 0 saturated carbocycles. The maximum atomic E-state index is 13.5. The normalized spacial score (nSPS) is 15.8. The molecule has 29 heavy (non-hydrogen) atoms. The molecule has 0 bridgehead atoms. The minimum atomic E-state index is -2.43. The lowest BCUT2D eigenvalue weighted by molar-refractivity contribution is -0.532. The number of rotatable bonds is 4. The summed E-state index contributed by atoms with van der Waals surface area (Å²) < 4.78 is 0. The van der Waals surface area contributed by atoms with Crippen LogP contribution in [0.25, 0.3) is 0 Å². The summed E-state index contributed by atoms with van der Waals surface area (Å²) in [5.74, 6) is -2.54. The van der Waals surface area contributed by atoms with Gasteiger partial charge in [-0.05, 0) is 25.0 Å². The molecule has 1 unspecified atom stereocenters. The second-order valence-corrected chi connectivity index (χ2v) is 7.49. The van der Waals surface area contributed by atoms with Crippen LogP contribution in [0.1, 0.15) is 48.9 Å². The second-order valence-electron chi connectivity index (χ2n) is 7.49. The highest BCUT2D eigenvalue weighted by Crippen LogP contribution is 2.46. The Bertz CT molecular complexity index is 1100. The maximum Gasteiger partial charge on any atom is 0.355 e. The molecule has 4 rings (SSSR count). The first-order chi connectivity index (χ1) is 13.9. The second kappa shape index (κ2) is 6.78. The Labute approximate surface area is 168 Å². The van der Waals surface area contributed by atoms with Crippen molar-refractivity contribution in [3.8, 4) is 0 Å². The molecule has 0 N–H and O–H groups in total. The van der Waals surface area contributed by atoms with Crippen LogP contribution in [-0.4, -0.2) is 22.0 Å². The monoisotopic (exact) mass is 385 g/mol. The first kappa shape index (κ1) is 18.7. The van der Waals surface area contributed by atoms with E-state index in [0.29, 0.717) is 11.1 Å². The van der Waals surface area contributed by atoms with E-state index in [1.54, 1.807) is 42.5 Å². The summed E-state index contributed by atoms with van der Waals surface area (Å²) in [6, 6.07) is 20.6. The van der Waals surface area contributed by atoms with Crippen molar-refractivity contribution in [3.05, 3.63) is 116 Å². The van der Waals surface area contributed by atoms with Gasteiger partial charge in [0, 0.05) is 16.1 Å². The van der Waals surface area contributed by atoms with Crippen molar-refractivity contribution in [1.82, 2.24) is 0 Å². The summed E-state index contributed by atoms with van der Waals surface area (Å²) in [6.07, 6.45) is 0. The van der Waals surface area contributed by atoms with Crippen LogP contribution in [0, 0.1) is 24.0 Å². The van der Waals surface area contributed by atoms with Gasteiger partial charge in [0.2, 0.25) is 11.6 Å². The molecule has 0 fully saturated rings. The number of carbonyl (C=O) groups is 2. The third-order valence-electron chi connectivity index (χ3n) is 5.52. The third-order valence-corrected chi connectivity index (χ3v) is 5.52. The summed E-state index contributed by atoms with van der Waals surface area (Å²) in [5.41, 5.74) is 0.762. The van der Waals surface area contributed by atoms with Crippen LogP contribution >= 0.6 is 0 Å². The number of ketones is 2. The Morgan fingerprint density at radius 1 is 0.759 bits per heavy atom. The van der Waals surface area contributed by atoms with Crippen molar-refractivity contribution >= 4 is 11.6 Å². The fourth-order valence-electron chi connectivity index (χ4n) is 4.42. The fraction of sp³-hybridized carbons (Fsp3) is 0.167. The zero-order valence-electron chi connectivity index (χ0n) is 16.1. The number of fused-ring (bicyclic) bond motifs is 1. The Kier molecular flexibility index (Phi) is 4.38. The molecule has 3 aromatic carbocycles. The van der Waals surface area contributed by atoms with Crippen LogP contribution < -0.4 is 0 Å². The molecule has 0 spiro atoms. The molecule has 5 heteroatoms. The van der Waals surface area contributed by atoms with Gasteiger partial charge in [0.05, 0.1) is 5.92 Å². The molecule has 1 atom stereocenters. The Balaban J connectivity index is 2.07. The zero-order chi connectivity index (χ0) is 20.8. The summed E-state index contributed by atoms with van der Waals surface area (Å²) in [4.78, 5) is 38.8. The average molecular weight is 385 g/mol. The van der Waals surface area contributed by atoms with Crippen LogP contribution in [0.15, 0.2) is 72.8 Å². The minimum absolute atomic E-state index is 0.111. The molecular weight excluding hydrogens is 366 g/mol. The smallest absolute Gasteiger partial charge is 0.285 e. The molecular formula is C24H19NO4. The molecule has 3 aromatic rings. The molecule has 0 heterocycles. The molecule has 5 nitrogen and oxygen atoms in total. The van der Waals surface area contributed by atoms with E-state index in [1.165, 1.54) is 12.1 Å². The average Bonchev–Trinajstić information content (AvgIpc) is 2.92. The van der Waals surface area contributed by atoms with Gasteiger partial charge in [0.25, 0.3) is 0 Å². The maximum absolute atomic E-state index is 13.5. The highest BCUT2D eigenvalue weighted by Gasteiger charge is 2.69. The molecule has 0 radical (unpaired) electrons. The van der Waals surface area contributed by atoms with Crippen molar-refractivity contribution in [2.75, 3.05) is 0 Å². The fourth-order valence-corrected chi connectivity index (χ4v) is 4.42. The van der Waals surface area contributed by atoms with Gasteiger partial charge in [-0.3, -0.25) is 19.7 Å². The highest BCUT2D eigenvalue weighted by atomic mass is 16.6. The van der Waals surface area contributed by atoms with E-state index in [2.05, 4.69) is 0 Å². The Hall–Kier alpha value is -3.60. The number of benzene rings is 3. The van der Waals surface area contributed by atoms with E-state index in [4.69, 9.17) is 0 Å². The summed E-state index contributed by atoms with van der Waals surface area (Å²) in [5, 5.41) is 12.5. The van der Waals surface area contributed by atoms with Gasteiger partial charge < -0.3 is 0 Å². The molecule has 1 aliphatic rings. The first-order valence-corrected chi connectivity index (χ1v) is 9.33. The van der Waals surface area contributed by atoms with E-state index in [9.17, 15) is 19.7 Å². The number of nitrogens with zero attached hydrogens (tertiary/aromatic N) is 1. The van der Waals surface area contributed by atoms with Gasteiger partial charge in [0.1, 0.15) is 0 Å². The first-order valence-electron chi connectivity index (χ1n) is 9.33. The van der Waals surface area contributed by atoms with Crippen LogP contribution in [0.5, 0.6) is 0 Å². The van der Waals surface area contributed by atoms with Gasteiger partial charge in [-0.25, -0.2) is 0 Å².